The molecule has 142 valence electrons. The summed E-state index contributed by atoms with van der Waals surface area (Å²) in [4.78, 5) is 24.9. The van der Waals surface area contributed by atoms with Gasteiger partial charge in [-0.2, -0.15) is 13.2 Å². The molecule has 1 aliphatic heterocycles. The van der Waals surface area contributed by atoms with E-state index in [2.05, 4.69) is 5.32 Å². The number of ketones is 1. The zero-order valence-corrected chi connectivity index (χ0v) is 14.4. The zero-order chi connectivity index (χ0) is 19.8. The average Bonchev–Trinajstić information content (AvgIpc) is 2.98. The van der Waals surface area contributed by atoms with Crippen LogP contribution in [0, 0.1) is 18.7 Å². The van der Waals surface area contributed by atoms with Gasteiger partial charge in [0.2, 0.25) is 5.91 Å². The van der Waals surface area contributed by atoms with Gasteiger partial charge in [0.05, 0.1) is 5.56 Å². The van der Waals surface area contributed by atoms with Crippen LogP contribution in [0.3, 0.4) is 0 Å². The largest absolute Gasteiger partial charge is 0.416 e. The number of carbonyl (C=O) groups excluding carboxylic acids is 2. The number of aryl methyl sites for hydroxylation is 1. The topological polar surface area (TPSA) is 46.2 Å². The lowest BCUT2D eigenvalue weighted by molar-refractivity contribution is -0.137. The molecule has 1 aliphatic rings. The highest BCUT2D eigenvalue weighted by Crippen LogP contribution is 2.35. The molecular weight excluding hydrogens is 362 g/mol. The average molecular weight is 379 g/mol. The molecule has 1 N–H and O–H groups in total. The molecule has 0 bridgehead atoms. The molecule has 1 heterocycles. The van der Waals surface area contributed by atoms with Crippen molar-refractivity contribution >= 4 is 11.7 Å². The number of nitrogens with one attached hydrogen (secondary N) is 1. The minimum atomic E-state index is -4.50. The summed E-state index contributed by atoms with van der Waals surface area (Å²) < 4.78 is 52.1. The van der Waals surface area contributed by atoms with Crippen molar-refractivity contribution in [1.82, 2.24) is 5.32 Å². The number of benzene rings is 2. The number of amides is 1. The van der Waals surface area contributed by atoms with E-state index in [-0.39, 0.29) is 18.5 Å². The van der Waals surface area contributed by atoms with Gasteiger partial charge in [0.25, 0.3) is 0 Å². The van der Waals surface area contributed by atoms with Crippen molar-refractivity contribution in [2.45, 2.75) is 25.4 Å². The molecule has 27 heavy (non-hydrogen) atoms. The van der Waals surface area contributed by atoms with E-state index >= 15 is 0 Å². The van der Waals surface area contributed by atoms with Crippen LogP contribution in [0.25, 0.3) is 0 Å². The molecule has 1 fully saturated rings. The van der Waals surface area contributed by atoms with E-state index in [4.69, 9.17) is 0 Å². The summed E-state index contributed by atoms with van der Waals surface area (Å²) >= 11 is 0. The molecule has 2 atom stereocenters. The van der Waals surface area contributed by atoms with Crippen molar-refractivity contribution in [2.75, 3.05) is 6.54 Å². The highest BCUT2D eigenvalue weighted by Gasteiger charge is 2.41. The summed E-state index contributed by atoms with van der Waals surface area (Å²) in [5.74, 6) is -3.07. The third kappa shape index (κ3) is 4.02. The summed E-state index contributed by atoms with van der Waals surface area (Å²) in [6.07, 6.45) is -4.59. The Morgan fingerprint density at radius 3 is 2.59 bits per heavy atom. The smallest absolute Gasteiger partial charge is 0.355 e. The number of halogens is 4. The second-order valence-corrected chi connectivity index (χ2v) is 6.67. The second-order valence-electron chi connectivity index (χ2n) is 6.67. The van der Waals surface area contributed by atoms with Crippen LogP contribution in [-0.2, 0) is 22.2 Å². The number of rotatable bonds is 4. The minimum absolute atomic E-state index is 0.0837. The van der Waals surface area contributed by atoms with Gasteiger partial charge in [-0.15, -0.1) is 0 Å². The first-order valence-corrected chi connectivity index (χ1v) is 8.39. The Hall–Kier alpha value is -2.70. The van der Waals surface area contributed by atoms with Gasteiger partial charge in [0.15, 0.2) is 0 Å². The lowest BCUT2D eigenvalue weighted by Gasteiger charge is -2.18. The van der Waals surface area contributed by atoms with Crippen molar-refractivity contribution in [3.05, 3.63) is 70.5 Å². The summed E-state index contributed by atoms with van der Waals surface area (Å²) in [5.41, 5.74) is 0.638. The van der Waals surface area contributed by atoms with Crippen molar-refractivity contribution in [1.29, 1.82) is 0 Å². The molecule has 0 unspecified atom stereocenters. The number of hydrogen-bond donors (Lipinski definition) is 1. The highest BCUT2D eigenvalue weighted by molar-refractivity contribution is 6.04. The fourth-order valence-corrected chi connectivity index (χ4v) is 3.40. The van der Waals surface area contributed by atoms with E-state index in [9.17, 15) is 27.2 Å². The van der Waals surface area contributed by atoms with Gasteiger partial charge in [-0.1, -0.05) is 24.3 Å². The maximum absolute atomic E-state index is 13.2. The summed E-state index contributed by atoms with van der Waals surface area (Å²) in [6.45, 7) is 1.75. The predicted octanol–water partition coefficient (Wildman–Crippen LogP) is 3.79. The molecule has 0 spiro atoms. The van der Waals surface area contributed by atoms with Crippen LogP contribution in [-0.4, -0.2) is 18.2 Å². The SMILES string of the molecule is Cc1cc(F)ccc1CC(=O)[C@H]1C(=O)NC[C@@H]1c1cccc(C(F)(F)F)c1. The molecule has 0 saturated carbocycles. The Morgan fingerprint density at radius 1 is 1.19 bits per heavy atom. The number of carbonyl (C=O) groups is 2. The van der Waals surface area contributed by atoms with Gasteiger partial charge in [-0.05, 0) is 41.8 Å². The predicted molar refractivity (Wildman–Crippen MR) is 90.5 cm³/mol. The normalized spacial score (nSPS) is 19.8. The number of alkyl halides is 3. The summed E-state index contributed by atoms with van der Waals surface area (Å²) in [6, 6.07) is 8.70. The van der Waals surface area contributed by atoms with Crippen molar-refractivity contribution in [3.8, 4) is 0 Å². The molecule has 2 aromatic carbocycles. The summed E-state index contributed by atoms with van der Waals surface area (Å²) in [5, 5.41) is 2.57. The Labute approximate surface area is 153 Å². The molecule has 1 amide bonds. The fourth-order valence-electron chi connectivity index (χ4n) is 3.40. The first-order valence-electron chi connectivity index (χ1n) is 8.39. The standard InChI is InChI=1S/C20H17F4NO2/c1-11-7-15(21)6-5-12(11)9-17(26)18-16(10-25-19(18)27)13-3-2-4-14(8-13)20(22,23)24/h2-8,16,18H,9-10H2,1H3,(H,25,27)/t16-,18+/m1/s1. The van der Waals surface area contributed by atoms with E-state index in [0.29, 0.717) is 11.1 Å². The van der Waals surface area contributed by atoms with Crippen molar-refractivity contribution < 1.29 is 27.2 Å². The molecule has 3 nitrogen and oxygen atoms in total. The summed E-state index contributed by atoms with van der Waals surface area (Å²) in [7, 11) is 0. The minimum Gasteiger partial charge on any atom is -0.355 e. The van der Waals surface area contributed by atoms with Crippen molar-refractivity contribution in [3.63, 3.8) is 0 Å². The molecule has 0 aliphatic carbocycles. The van der Waals surface area contributed by atoms with Crippen LogP contribution in [0.15, 0.2) is 42.5 Å². The van der Waals surface area contributed by atoms with E-state index < -0.39 is 41.1 Å². The Morgan fingerprint density at radius 2 is 1.93 bits per heavy atom. The lowest BCUT2D eigenvalue weighted by atomic mass is 9.83. The third-order valence-electron chi connectivity index (χ3n) is 4.84. The van der Waals surface area contributed by atoms with Crippen LogP contribution >= 0.6 is 0 Å². The maximum Gasteiger partial charge on any atom is 0.416 e. The van der Waals surface area contributed by atoms with Crippen LogP contribution in [0.2, 0.25) is 0 Å². The molecule has 0 radical (unpaired) electrons. The zero-order valence-electron chi connectivity index (χ0n) is 14.4. The maximum atomic E-state index is 13.2. The van der Waals surface area contributed by atoms with Gasteiger partial charge in [0, 0.05) is 18.9 Å². The Balaban J connectivity index is 1.87. The van der Waals surface area contributed by atoms with Crippen LogP contribution < -0.4 is 5.32 Å². The molecular formula is C20H17F4NO2. The highest BCUT2D eigenvalue weighted by atomic mass is 19.4. The second kappa shape index (κ2) is 7.13. The van der Waals surface area contributed by atoms with Crippen molar-refractivity contribution in [2.24, 2.45) is 5.92 Å². The van der Waals surface area contributed by atoms with Gasteiger partial charge >= 0.3 is 6.18 Å². The molecule has 2 aromatic rings. The van der Waals surface area contributed by atoms with Gasteiger partial charge < -0.3 is 5.32 Å². The molecule has 0 aromatic heterocycles. The van der Waals surface area contributed by atoms with Gasteiger partial charge in [-0.25, -0.2) is 4.39 Å². The van der Waals surface area contributed by atoms with Gasteiger partial charge in [-0.3, -0.25) is 9.59 Å². The Bertz CT molecular complexity index is 892. The first-order chi connectivity index (χ1) is 12.7. The quantitative estimate of drug-likeness (QED) is 0.649. The van der Waals surface area contributed by atoms with E-state index in [1.54, 1.807) is 6.92 Å². The van der Waals surface area contributed by atoms with Crippen LogP contribution in [0.4, 0.5) is 17.6 Å². The lowest BCUT2D eigenvalue weighted by Crippen LogP contribution is -2.28. The van der Waals surface area contributed by atoms with E-state index in [0.717, 1.165) is 12.1 Å². The van der Waals surface area contributed by atoms with Crippen LogP contribution in [0.5, 0.6) is 0 Å². The fraction of sp³-hybridized carbons (Fsp3) is 0.300. The van der Waals surface area contributed by atoms with E-state index in [1.807, 2.05) is 0 Å². The number of Topliss-reactive ketones (excluding diaryl/α,β-unsaturated/α-hetero) is 1. The third-order valence-corrected chi connectivity index (χ3v) is 4.84. The van der Waals surface area contributed by atoms with E-state index in [1.165, 1.54) is 30.3 Å². The van der Waals surface area contributed by atoms with Crippen LogP contribution in [0.1, 0.15) is 28.2 Å². The molecule has 7 heteroatoms. The monoisotopic (exact) mass is 379 g/mol. The van der Waals surface area contributed by atoms with Gasteiger partial charge in [0.1, 0.15) is 17.5 Å². The number of hydrogen-bond acceptors (Lipinski definition) is 2. The molecule has 3 rings (SSSR count). The first kappa shape index (κ1) is 19.1. The Kier molecular flexibility index (Phi) is 5.04. The molecule has 1 saturated heterocycles.